The molecule has 4 aromatic carbocycles. The summed E-state index contributed by atoms with van der Waals surface area (Å²) in [4.78, 5) is 2.38. The van der Waals surface area contributed by atoms with Crippen LogP contribution < -0.4 is 0 Å². The van der Waals surface area contributed by atoms with Crippen molar-refractivity contribution in [1.29, 1.82) is 0 Å². The van der Waals surface area contributed by atoms with E-state index in [1.807, 2.05) is 72.8 Å². The van der Waals surface area contributed by atoms with Crippen LogP contribution in [0, 0.1) is 0 Å². The molecule has 2 atom stereocenters. The molecule has 0 spiro atoms. The Labute approximate surface area is 195 Å². The second-order valence-electron chi connectivity index (χ2n) is 8.62. The predicted molar refractivity (Wildman–Crippen MR) is 133 cm³/mol. The normalized spacial score (nSPS) is 18.5. The smallest absolute Gasteiger partial charge is 0.142 e. The Balaban J connectivity index is 1.56. The molecule has 3 heteroatoms. The number of morpholine rings is 1. The van der Waals surface area contributed by atoms with E-state index in [9.17, 15) is 5.11 Å². The summed E-state index contributed by atoms with van der Waals surface area (Å²) in [6.07, 6.45) is -0.401. The highest BCUT2D eigenvalue weighted by molar-refractivity contribution is 5.69. The summed E-state index contributed by atoms with van der Waals surface area (Å²) in [5.74, 6) is 0. The molecule has 0 bridgehead atoms. The van der Waals surface area contributed by atoms with Crippen LogP contribution in [-0.2, 0) is 16.9 Å². The molecule has 0 saturated carbocycles. The van der Waals surface area contributed by atoms with Gasteiger partial charge in [-0.15, -0.1) is 0 Å². The summed E-state index contributed by atoms with van der Waals surface area (Å²) < 4.78 is 6.32. The lowest BCUT2D eigenvalue weighted by molar-refractivity contribution is -0.130. The first-order valence-electron chi connectivity index (χ1n) is 11.6. The molecule has 0 amide bonds. The fourth-order valence-electron chi connectivity index (χ4n) is 4.83. The van der Waals surface area contributed by atoms with Gasteiger partial charge < -0.3 is 9.84 Å². The van der Waals surface area contributed by atoms with Crippen molar-refractivity contribution in [3.63, 3.8) is 0 Å². The van der Waals surface area contributed by atoms with E-state index in [1.165, 1.54) is 5.56 Å². The van der Waals surface area contributed by atoms with Crippen LogP contribution in [0.15, 0.2) is 115 Å². The molecule has 1 aliphatic heterocycles. The van der Waals surface area contributed by atoms with Gasteiger partial charge in [0.05, 0.1) is 6.61 Å². The van der Waals surface area contributed by atoms with E-state index < -0.39 is 11.7 Å². The van der Waals surface area contributed by atoms with E-state index in [0.29, 0.717) is 13.2 Å². The third kappa shape index (κ3) is 4.49. The second-order valence-corrected chi connectivity index (χ2v) is 8.62. The van der Waals surface area contributed by atoms with Crippen molar-refractivity contribution in [2.75, 3.05) is 19.7 Å². The van der Waals surface area contributed by atoms with E-state index in [0.717, 1.165) is 35.3 Å². The predicted octanol–water partition coefficient (Wildman–Crippen LogP) is 5.49. The number of hydrogen-bond acceptors (Lipinski definition) is 3. The van der Waals surface area contributed by atoms with E-state index >= 15 is 0 Å². The molecule has 0 aliphatic carbocycles. The maximum absolute atomic E-state index is 12.6. The highest BCUT2D eigenvalue weighted by Crippen LogP contribution is 2.41. The summed E-state index contributed by atoms with van der Waals surface area (Å²) in [6, 6.07) is 38.9. The van der Waals surface area contributed by atoms with Gasteiger partial charge in [0.2, 0.25) is 0 Å². The van der Waals surface area contributed by atoms with Crippen LogP contribution in [0.5, 0.6) is 0 Å². The lowest BCUT2D eigenvalue weighted by Gasteiger charge is -2.43. The van der Waals surface area contributed by atoms with Crippen molar-refractivity contribution in [2.24, 2.45) is 0 Å². The van der Waals surface area contributed by atoms with E-state index in [4.69, 9.17) is 4.74 Å². The molecule has 1 fully saturated rings. The molecule has 1 saturated heterocycles. The van der Waals surface area contributed by atoms with Gasteiger partial charge in [0.15, 0.2) is 0 Å². The molecule has 3 nitrogen and oxygen atoms in total. The minimum atomic E-state index is -1.29. The molecule has 5 rings (SSSR count). The number of rotatable bonds is 6. The van der Waals surface area contributed by atoms with Gasteiger partial charge in [0.25, 0.3) is 0 Å². The largest absolute Gasteiger partial charge is 0.378 e. The molecule has 0 radical (unpaired) electrons. The van der Waals surface area contributed by atoms with Gasteiger partial charge in [-0.1, -0.05) is 115 Å². The zero-order valence-electron chi connectivity index (χ0n) is 18.7. The van der Waals surface area contributed by atoms with Crippen molar-refractivity contribution in [1.82, 2.24) is 4.90 Å². The molecule has 1 N–H and O–H groups in total. The van der Waals surface area contributed by atoms with Crippen molar-refractivity contribution in [2.45, 2.75) is 18.2 Å². The third-order valence-corrected chi connectivity index (χ3v) is 6.50. The molecular formula is C30H29NO2. The standard InChI is InChI=1S/C30H29NO2/c32-30(26-16-8-3-9-17-26,28-19-11-10-18-27(28)25-14-6-2-7-15-25)29-23-31(20-21-33-29)22-24-12-4-1-5-13-24/h1-19,29,32H,20-23H2/t29-,30?/m0/s1. The van der Waals surface area contributed by atoms with Crippen molar-refractivity contribution in [3.8, 4) is 11.1 Å². The Morgan fingerprint density at radius 3 is 2.09 bits per heavy atom. The minimum absolute atomic E-state index is 0.401. The van der Waals surface area contributed by atoms with Crippen LogP contribution in [0.2, 0.25) is 0 Å². The number of aliphatic hydroxyl groups is 1. The van der Waals surface area contributed by atoms with Crippen LogP contribution >= 0.6 is 0 Å². The number of nitrogens with zero attached hydrogens (tertiary/aromatic N) is 1. The Morgan fingerprint density at radius 2 is 1.36 bits per heavy atom. The Morgan fingerprint density at radius 1 is 0.758 bits per heavy atom. The van der Waals surface area contributed by atoms with Gasteiger partial charge in [-0.05, 0) is 27.8 Å². The molecule has 1 heterocycles. The van der Waals surface area contributed by atoms with Gasteiger partial charge in [0, 0.05) is 19.6 Å². The number of benzene rings is 4. The van der Waals surface area contributed by atoms with E-state index in [-0.39, 0.29) is 0 Å². The first kappa shape index (κ1) is 21.6. The summed E-state index contributed by atoms with van der Waals surface area (Å²) in [7, 11) is 0. The van der Waals surface area contributed by atoms with Crippen molar-refractivity contribution < 1.29 is 9.84 Å². The molecular weight excluding hydrogens is 406 g/mol. The SMILES string of the molecule is OC(c1ccccc1)(c1ccccc1-c1ccccc1)[C@@H]1CN(Cc2ccccc2)CCO1. The van der Waals surface area contributed by atoms with Crippen LogP contribution in [0.3, 0.4) is 0 Å². The van der Waals surface area contributed by atoms with Crippen LogP contribution in [-0.4, -0.2) is 35.8 Å². The molecule has 33 heavy (non-hydrogen) atoms. The molecule has 4 aromatic rings. The summed E-state index contributed by atoms with van der Waals surface area (Å²) in [5.41, 5.74) is 3.80. The average molecular weight is 436 g/mol. The van der Waals surface area contributed by atoms with Crippen LogP contribution in [0.1, 0.15) is 16.7 Å². The number of hydrogen-bond donors (Lipinski definition) is 1. The molecule has 166 valence electrons. The summed E-state index contributed by atoms with van der Waals surface area (Å²) in [5, 5.41) is 12.6. The fraction of sp³-hybridized carbons (Fsp3) is 0.200. The zero-order valence-corrected chi connectivity index (χ0v) is 18.7. The quantitative estimate of drug-likeness (QED) is 0.435. The Kier molecular flexibility index (Phi) is 6.36. The number of ether oxygens (including phenoxy) is 1. The van der Waals surface area contributed by atoms with Crippen LogP contribution in [0.4, 0.5) is 0 Å². The maximum atomic E-state index is 12.6. The summed E-state index contributed by atoms with van der Waals surface area (Å²) >= 11 is 0. The molecule has 1 unspecified atom stereocenters. The highest BCUT2D eigenvalue weighted by atomic mass is 16.5. The lowest BCUT2D eigenvalue weighted by Crippen LogP contribution is -2.53. The topological polar surface area (TPSA) is 32.7 Å². The van der Waals surface area contributed by atoms with Crippen molar-refractivity contribution >= 4 is 0 Å². The van der Waals surface area contributed by atoms with E-state index in [1.54, 1.807) is 0 Å². The van der Waals surface area contributed by atoms with Gasteiger partial charge in [-0.25, -0.2) is 0 Å². The third-order valence-electron chi connectivity index (χ3n) is 6.50. The first-order valence-corrected chi connectivity index (χ1v) is 11.6. The van der Waals surface area contributed by atoms with Gasteiger partial charge in [-0.2, -0.15) is 0 Å². The summed E-state index contributed by atoms with van der Waals surface area (Å²) in [6.45, 7) is 2.91. The molecule has 0 aromatic heterocycles. The first-order chi connectivity index (χ1) is 16.2. The van der Waals surface area contributed by atoms with Gasteiger partial charge in [0.1, 0.15) is 11.7 Å². The maximum Gasteiger partial charge on any atom is 0.142 e. The second kappa shape index (κ2) is 9.72. The van der Waals surface area contributed by atoms with Crippen LogP contribution in [0.25, 0.3) is 11.1 Å². The Hall–Kier alpha value is -3.24. The highest BCUT2D eigenvalue weighted by Gasteiger charge is 2.44. The zero-order chi connectivity index (χ0) is 22.5. The minimum Gasteiger partial charge on any atom is -0.378 e. The fourth-order valence-corrected chi connectivity index (χ4v) is 4.83. The van der Waals surface area contributed by atoms with Crippen molar-refractivity contribution in [3.05, 3.63) is 132 Å². The monoisotopic (exact) mass is 435 g/mol. The molecule has 1 aliphatic rings. The lowest BCUT2D eigenvalue weighted by atomic mass is 9.77. The Bertz CT molecular complexity index is 1160. The van der Waals surface area contributed by atoms with Gasteiger partial charge in [-0.3, -0.25) is 4.90 Å². The van der Waals surface area contributed by atoms with E-state index in [2.05, 4.69) is 47.4 Å². The average Bonchev–Trinajstić information content (AvgIpc) is 2.90. The van der Waals surface area contributed by atoms with Gasteiger partial charge >= 0.3 is 0 Å².